The molecule has 0 amide bonds. The van der Waals surface area contributed by atoms with Crippen LogP contribution in [0.15, 0.2) is 24.3 Å². The molecule has 0 aliphatic heterocycles. The van der Waals surface area contributed by atoms with Gasteiger partial charge >= 0.3 is 5.97 Å². The normalized spacial score (nSPS) is 12.1. The van der Waals surface area contributed by atoms with Crippen molar-refractivity contribution in [2.24, 2.45) is 0 Å². The summed E-state index contributed by atoms with van der Waals surface area (Å²) in [4.78, 5) is 10.9. The zero-order chi connectivity index (χ0) is 11.3. The van der Waals surface area contributed by atoms with Gasteiger partial charge in [0.25, 0.3) is 0 Å². The summed E-state index contributed by atoms with van der Waals surface area (Å²) >= 11 is 0. The van der Waals surface area contributed by atoms with Crippen LogP contribution in [-0.2, 0) is 9.53 Å². The van der Waals surface area contributed by atoms with Crippen LogP contribution < -0.4 is 5.32 Å². The molecule has 1 rings (SSSR count). The summed E-state index contributed by atoms with van der Waals surface area (Å²) in [6.07, 6.45) is 0. The molecule has 0 spiro atoms. The highest BCUT2D eigenvalue weighted by atomic mass is 16.5. The smallest absolute Gasteiger partial charge is 0.319 e. The molecule has 1 atom stereocenters. The number of methoxy groups -OCH3 is 1. The first-order valence-electron chi connectivity index (χ1n) is 4.72. The number of aromatic hydroxyl groups is 1. The van der Waals surface area contributed by atoms with Crippen molar-refractivity contribution in [3.05, 3.63) is 29.8 Å². The Morgan fingerprint density at radius 1 is 1.47 bits per heavy atom. The molecule has 4 nitrogen and oxygen atoms in total. The average Bonchev–Trinajstić information content (AvgIpc) is 2.26. The Morgan fingerprint density at radius 2 is 2.07 bits per heavy atom. The van der Waals surface area contributed by atoms with E-state index in [0.29, 0.717) is 0 Å². The second-order valence-corrected chi connectivity index (χ2v) is 3.27. The predicted molar refractivity (Wildman–Crippen MR) is 56.5 cm³/mol. The van der Waals surface area contributed by atoms with E-state index < -0.39 is 0 Å². The fourth-order valence-corrected chi connectivity index (χ4v) is 1.19. The molecule has 0 unspecified atom stereocenters. The molecule has 4 heteroatoms. The average molecular weight is 209 g/mol. The Bertz CT molecular complexity index is 321. The molecule has 2 N–H and O–H groups in total. The van der Waals surface area contributed by atoms with Gasteiger partial charge in [-0.05, 0) is 24.6 Å². The number of esters is 1. The molecule has 0 heterocycles. The highest BCUT2D eigenvalue weighted by Crippen LogP contribution is 2.15. The zero-order valence-electron chi connectivity index (χ0n) is 8.86. The van der Waals surface area contributed by atoms with Crippen molar-refractivity contribution in [1.29, 1.82) is 0 Å². The van der Waals surface area contributed by atoms with E-state index in [1.807, 2.05) is 19.1 Å². The molecule has 1 aromatic carbocycles. The third-order valence-electron chi connectivity index (χ3n) is 2.17. The Kier molecular flexibility index (Phi) is 4.12. The van der Waals surface area contributed by atoms with Crippen molar-refractivity contribution in [3.8, 4) is 5.75 Å². The maximum atomic E-state index is 10.9. The van der Waals surface area contributed by atoms with Crippen LogP contribution in [0.1, 0.15) is 18.5 Å². The number of phenolic OH excluding ortho intramolecular Hbond substituents is 1. The van der Waals surface area contributed by atoms with Crippen LogP contribution >= 0.6 is 0 Å². The SMILES string of the molecule is COC(=O)CN[C@@H](C)c1ccc(O)cc1. The molecule has 0 aliphatic carbocycles. The van der Waals surface area contributed by atoms with Crippen LogP contribution in [0.4, 0.5) is 0 Å². The van der Waals surface area contributed by atoms with Crippen LogP contribution in [0.3, 0.4) is 0 Å². The van der Waals surface area contributed by atoms with Crippen LogP contribution in [0, 0.1) is 0 Å². The molecule has 1 aromatic rings. The highest BCUT2D eigenvalue weighted by molar-refractivity contribution is 5.71. The lowest BCUT2D eigenvalue weighted by molar-refractivity contribution is -0.139. The monoisotopic (exact) mass is 209 g/mol. The Hall–Kier alpha value is -1.55. The van der Waals surface area contributed by atoms with Crippen LogP contribution in [0.5, 0.6) is 5.75 Å². The Labute approximate surface area is 88.9 Å². The molecule has 0 fully saturated rings. The predicted octanol–water partition coefficient (Wildman–Crippen LogP) is 1.22. The van der Waals surface area contributed by atoms with Gasteiger partial charge < -0.3 is 15.2 Å². The number of phenols is 1. The minimum Gasteiger partial charge on any atom is -0.508 e. The number of benzene rings is 1. The standard InChI is InChI=1S/C11H15NO3/c1-8(12-7-11(14)15-2)9-3-5-10(13)6-4-9/h3-6,8,12-13H,7H2,1-2H3/t8-/m0/s1. The lowest BCUT2D eigenvalue weighted by Gasteiger charge is -2.13. The van der Waals surface area contributed by atoms with Gasteiger partial charge in [-0.25, -0.2) is 0 Å². The molecule has 15 heavy (non-hydrogen) atoms. The molecule has 0 aromatic heterocycles. The fraction of sp³-hybridized carbons (Fsp3) is 0.364. The van der Waals surface area contributed by atoms with Crippen LogP contribution in [0.25, 0.3) is 0 Å². The quantitative estimate of drug-likeness (QED) is 0.732. The number of ether oxygens (including phenoxy) is 1. The summed E-state index contributed by atoms with van der Waals surface area (Å²) < 4.78 is 4.51. The summed E-state index contributed by atoms with van der Waals surface area (Å²) in [7, 11) is 1.36. The van der Waals surface area contributed by atoms with Gasteiger partial charge in [-0.3, -0.25) is 4.79 Å². The molecule has 0 saturated heterocycles. The van der Waals surface area contributed by atoms with E-state index in [9.17, 15) is 4.79 Å². The summed E-state index contributed by atoms with van der Waals surface area (Å²) in [5.41, 5.74) is 1.01. The van der Waals surface area contributed by atoms with E-state index in [4.69, 9.17) is 5.11 Å². The second-order valence-electron chi connectivity index (χ2n) is 3.27. The van der Waals surface area contributed by atoms with E-state index in [1.165, 1.54) is 7.11 Å². The van der Waals surface area contributed by atoms with Gasteiger partial charge in [-0.15, -0.1) is 0 Å². The Balaban J connectivity index is 2.50. The molecule has 0 saturated carbocycles. The minimum absolute atomic E-state index is 0.0460. The molecular weight excluding hydrogens is 194 g/mol. The van der Waals surface area contributed by atoms with Crippen molar-refractivity contribution >= 4 is 5.97 Å². The number of nitrogens with one attached hydrogen (secondary N) is 1. The first-order valence-corrected chi connectivity index (χ1v) is 4.72. The van der Waals surface area contributed by atoms with E-state index in [-0.39, 0.29) is 24.3 Å². The number of rotatable bonds is 4. The molecule has 82 valence electrons. The number of hydrogen-bond acceptors (Lipinski definition) is 4. The van der Waals surface area contributed by atoms with Crippen molar-refractivity contribution in [2.75, 3.05) is 13.7 Å². The molecule has 0 aliphatic rings. The number of carbonyl (C=O) groups excluding carboxylic acids is 1. The second kappa shape index (κ2) is 5.36. The summed E-state index contributed by atoms with van der Waals surface area (Å²) in [6, 6.07) is 6.90. The lowest BCUT2D eigenvalue weighted by Crippen LogP contribution is -2.26. The zero-order valence-corrected chi connectivity index (χ0v) is 8.86. The van der Waals surface area contributed by atoms with Gasteiger partial charge in [-0.2, -0.15) is 0 Å². The van der Waals surface area contributed by atoms with Crippen molar-refractivity contribution in [1.82, 2.24) is 5.32 Å². The van der Waals surface area contributed by atoms with Gasteiger partial charge in [0.15, 0.2) is 0 Å². The van der Waals surface area contributed by atoms with E-state index in [1.54, 1.807) is 12.1 Å². The lowest BCUT2D eigenvalue weighted by atomic mass is 10.1. The van der Waals surface area contributed by atoms with Gasteiger partial charge in [0.2, 0.25) is 0 Å². The van der Waals surface area contributed by atoms with Gasteiger partial charge in [0.05, 0.1) is 13.7 Å². The van der Waals surface area contributed by atoms with E-state index >= 15 is 0 Å². The van der Waals surface area contributed by atoms with Crippen molar-refractivity contribution < 1.29 is 14.6 Å². The first kappa shape index (κ1) is 11.5. The maximum absolute atomic E-state index is 10.9. The van der Waals surface area contributed by atoms with Crippen LogP contribution in [-0.4, -0.2) is 24.7 Å². The summed E-state index contributed by atoms with van der Waals surface area (Å²) in [5, 5.41) is 12.1. The minimum atomic E-state index is -0.291. The van der Waals surface area contributed by atoms with Gasteiger partial charge in [0, 0.05) is 6.04 Å². The maximum Gasteiger partial charge on any atom is 0.319 e. The topological polar surface area (TPSA) is 58.6 Å². The fourth-order valence-electron chi connectivity index (χ4n) is 1.19. The van der Waals surface area contributed by atoms with Gasteiger partial charge in [0.1, 0.15) is 5.75 Å². The number of carbonyl (C=O) groups is 1. The van der Waals surface area contributed by atoms with Crippen molar-refractivity contribution in [2.45, 2.75) is 13.0 Å². The van der Waals surface area contributed by atoms with Crippen molar-refractivity contribution in [3.63, 3.8) is 0 Å². The van der Waals surface area contributed by atoms with E-state index in [0.717, 1.165) is 5.56 Å². The Morgan fingerprint density at radius 3 is 2.60 bits per heavy atom. The number of hydrogen-bond donors (Lipinski definition) is 2. The molecular formula is C11H15NO3. The summed E-state index contributed by atoms with van der Waals surface area (Å²) in [5.74, 6) is -0.0560. The third-order valence-corrected chi connectivity index (χ3v) is 2.17. The largest absolute Gasteiger partial charge is 0.508 e. The molecule has 0 radical (unpaired) electrons. The molecule has 0 bridgehead atoms. The van der Waals surface area contributed by atoms with Gasteiger partial charge in [-0.1, -0.05) is 12.1 Å². The highest BCUT2D eigenvalue weighted by Gasteiger charge is 2.07. The van der Waals surface area contributed by atoms with Crippen LogP contribution in [0.2, 0.25) is 0 Å². The first-order chi connectivity index (χ1) is 7.13. The summed E-state index contributed by atoms with van der Waals surface area (Å²) in [6.45, 7) is 2.12. The van der Waals surface area contributed by atoms with E-state index in [2.05, 4.69) is 10.1 Å². The third kappa shape index (κ3) is 3.59.